The van der Waals surface area contributed by atoms with Crippen molar-refractivity contribution in [3.05, 3.63) is 59.7 Å². The largest absolute Gasteiger partial charge is 0.508 e. The minimum absolute atomic E-state index is 0.140. The van der Waals surface area contributed by atoms with Crippen LogP contribution in [0, 0.1) is 0 Å². The van der Waals surface area contributed by atoms with Crippen molar-refractivity contribution in [3.63, 3.8) is 0 Å². The van der Waals surface area contributed by atoms with E-state index in [9.17, 15) is 29.4 Å². The molecule has 0 unspecified atom stereocenters. The molecule has 0 fully saturated rings. The van der Waals surface area contributed by atoms with Gasteiger partial charge in [0.15, 0.2) is 0 Å². The third kappa shape index (κ3) is 15.3. The lowest BCUT2D eigenvalue weighted by atomic mass is 10.1. The van der Waals surface area contributed by atoms with Crippen molar-refractivity contribution in [2.24, 2.45) is 11.5 Å². The lowest BCUT2D eigenvalue weighted by Gasteiger charge is -2.17. The number of aromatic hydroxyl groups is 2. The highest BCUT2D eigenvalue weighted by Crippen LogP contribution is 2.22. The van der Waals surface area contributed by atoms with Crippen LogP contribution in [0.4, 0.5) is 0 Å². The minimum Gasteiger partial charge on any atom is -0.508 e. The van der Waals surface area contributed by atoms with E-state index in [0.717, 1.165) is 57.1 Å². The Hall–Kier alpha value is -4.20. The monoisotopic (exact) mass is 613 g/mol. The Morgan fingerprint density at radius 1 is 0.750 bits per heavy atom. The van der Waals surface area contributed by atoms with Gasteiger partial charge in [-0.05, 0) is 69.9 Å². The van der Waals surface area contributed by atoms with Gasteiger partial charge in [-0.3, -0.25) is 19.2 Å². The van der Waals surface area contributed by atoms with Crippen molar-refractivity contribution < 1.29 is 29.4 Å². The highest BCUT2D eigenvalue weighted by atomic mass is 16.3. The van der Waals surface area contributed by atoms with Crippen molar-refractivity contribution in [3.8, 4) is 11.5 Å². The van der Waals surface area contributed by atoms with Crippen LogP contribution in [0.3, 0.4) is 0 Å². The topological polar surface area (TPSA) is 221 Å². The van der Waals surface area contributed by atoms with E-state index in [2.05, 4.69) is 26.6 Å². The molecule has 0 aliphatic heterocycles. The van der Waals surface area contributed by atoms with Crippen LogP contribution in [0.15, 0.2) is 48.5 Å². The Labute approximate surface area is 258 Å². The van der Waals surface area contributed by atoms with Crippen LogP contribution >= 0.6 is 0 Å². The number of hydrogen-bond donors (Lipinski definition) is 9. The number of benzene rings is 2. The van der Waals surface area contributed by atoms with Gasteiger partial charge in [-0.1, -0.05) is 36.4 Å². The van der Waals surface area contributed by atoms with Crippen molar-refractivity contribution in [1.82, 2.24) is 26.6 Å². The van der Waals surface area contributed by atoms with Crippen LogP contribution in [0.25, 0.3) is 0 Å². The molecule has 0 saturated carbocycles. The number of carbonyl (C=O) groups is 4. The van der Waals surface area contributed by atoms with E-state index in [1.165, 1.54) is 12.1 Å². The molecule has 0 aliphatic rings. The molecule has 2 aromatic carbocycles. The number of primary amides is 1. The van der Waals surface area contributed by atoms with Crippen LogP contribution < -0.4 is 38.1 Å². The molecule has 0 aromatic heterocycles. The number of nitrogens with two attached hydrogens (primary N) is 2. The van der Waals surface area contributed by atoms with Gasteiger partial charge < -0.3 is 48.3 Å². The molecular formula is C31H47N7O6. The van der Waals surface area contributed by atoms with E-state index < -0.39 is 29.8 Å². The zero-order chi connectivity index (χ0) is 32.2. The Balaban J connectivity index is 1.47. The normalized spacial score (nSPS) is 12.2. The van der Waals surface area contributed by atoms with E-state index >= 15 is 0 Å². The van der Waals surface area contributed by atoms with Gasteiger partial charge in [0.25, 0.3) is 0 Å². The number of nitrogens with one attached hydrogen (secondary N) is 5. The number of phenols is 2. The molecule has 0 saturated heterocycles. The van der Waals surface area contributed by atoms with Gasteiger partial charge >= 0.3 is 0 Å². The fraction of sp³-hybridized carbons (Fsp3) is 0.484. The lowest BCUT2D eigenvalue weighted by Crippen LogP contribution is -2.49. The maximum Gasteiger partial charge on any atom is 0.243 e. The Morgan fingerprint density at radius 2 is 1.34 bits per heavy atom. The van der Waals surface area contributed by atoms with Gasteiger partial charge in [-0.25, -0.2) is 0 Å². The molecule has 11 N–H and O–H groups in total. The predicted molar refractivity (Wildman–Crippen MR) is 168 cm³/mol. The lowest BCUT2D eigenvalue weighted by molar-refractivity contribution is -0.131. The number of carbonyl (C=O) groups excluding carboxylic acids is 4. The molecule has 13 heteroatoms. The summed E-state index contributed by atoms with van der Waals surface area (Å²) in [6, 6.07) is 11.9. The molecule has 44 heavy (non-hydrogen) atoms. The third-order valence-corrected chi connectivity index (χ3v) is 6.73. The first-order valence-corrected chi connectivity index (χ1v) is 15.0. The molecule has 2 atom stereocenters. The van der Waals surface area contributed by atoms with Gasteiger partial charge in [-0.15, -0.1) is 0 Å². The van der Waals surface area contributed by atoms with Gasteiger partial charge in [-0.2, -0.15) is 0 Å². The average Bonchev–Trinajstić information content (AvgIpc) is 2.98. The van der Waals surface area contributed by atoms with E-state index in [1.807, 2.05) is 30.3 Å². The van der Waals surface area contributed by atoms with Crippen LogP contribution in [0.1, 0.15) is 43.2 Å². The summed E-state index contributed by atoms with van der Waals surface area (Å²) >= 11 is 0. The highest BCUT2D eigenvalue weighted by molar-refractivity contribution is 5.92. The summed E-state index contributed by atoms with van der Waals surface area (Å²) in [5.74, 6) is -2.35. The first-order valence-electron chi connectivity index (χ1n) is 15.0. The second-order valence-electron chi connectivity index (χ2n) is 10.6. The molecule has 0 heterocycles. The van der Waals surface area contributed by atoms with Crippen LogP contribution in [0.2, 0.25) is 0 Å². The second-order valence-corrected chi connectivity index (χ2v) is 10.6. The molecule has 2 aromatic rings. The third-order valence-electron chi connectivity index (χ3n) is 6.73. The van der Waals surface area contributed by atoms with Gasteiger partial charge in [0, 0.05) is 24.7 Å². The molecule has 0 aliphatic carbocycles. The van der Waals surface area contributed by atoms with Crippen molar-refractivity contribution in [2.75, 3.05) is 39.3 Å². The summed E-state index contributed by atoms with van der Waals surface area (Å²) in [5.41, 5.74) is 12.5. The molecule has 2 rings (SSSR count). The summed E-state index contributed by atoms with van der Waals surface area (Å²) in [5, 5.41) is 34.0. The summed E-state index contributed by atoms with van der Waals surface area (Å²) < 4.78 is 0. The number of phenolic OH excluding ortho intramolecular Hbond substituents is 2. The van der Waals surface area contributed by atoms with Crippen molar-refractivity contribution >= 4 is 23.6 Å². The fourth-order valence-corrected chi connectivity index (χ4v) is 4.35. The molecular weight excluding hydrogens is 566 g/mol. The van der Waals surface area contributed by atoms with Crippen LogP contribution in [0.5, 0.6) is 11.5 Å². The van der Waals surface area contributed by atoms with Gasteiger partial charge in [0.05, 0.1) is 18.9 Å². The predicted octanol–water partition coefficient (Wildman–Crippen LogP) is -0.457. The van der Waals surface area contributed by atoms with Crippen LogP contribution in [-0.4, -0.2) is 85.2 Å². The SMILES string of the molecule is NC(=O)C[C@H](NC(=O)Cc1ccc(O)cc1O)C(=O)NCCCCNCCCNCCCNC(=O)[C@@H](N)Cc1ccccc1. The quantitative estimate of drug-likeness (QED) is 0.0783. The summed E-state index contributed by atoms with van der Waals surface area (Å²) in [4.78, 5) is 48.5. The van der Waals surface area contributed by atoms with E-state index in [0.29, 0.717) is 25.9 Å². The van der Waals surface area contributed by atoms with Gasteiger partial charge in [0.1, 0.15) is 17.5 Å². The second kappa shape index (κ2) is 20.7. The summed E-state index contributed by atoms with van der Waals surface area (Å²) in [7, 11) is 0. The number of unbranched alkanes of at least 4 members (excludes halogenated alkanes) is 1. The van der Waals surface area contributed by atoms with Crippen molar-refractivity contribution in [1.29, 1.82) is 0 Å². The molecule has 0 bridgehead atoms. The first-order chi connectivity index (χ1) is 21.2. The van der Waals surface area contributed by atoms with Gasteiger partial charge in [0.2, 0.25) is 23.6 Å². The highest BCUT2D eigenvalue weighted by Gasteiger charge is 2.23. The maximum atomic E-state index is 12.5. The van der Waals surface area contributed by atoms with E-state index in [-0.39, 0.29) is 35.8 Å². The summed E-state index contributed by atoms with van der Waals surface area (Å²) in [6.07, 6.45) is 3.21. The smallest absolute Gasteiger partial charge is 0.243 e. The van der Waals surface area contributed by atoms with E-state index in [1.54, 1.807) is 0 Å². The Kier molecular flexibility index (Phi) is 16.9. The zero-order valence-corrected chi connectivity index (χ0v) is 25.1. The fourth-order valence-electron chi connectivity index (χ4n) is 4.35. The molecule has 0 spiro atoms. The molecule has 0 radical (unpaired) electrons. The first kappa shape index (κ1) is 36.0. The van der Waals surface area contributed by atoms with Crippen LogP contribution in [-0.2, 0) is 32.0 Å². The maximum absolute atomic E-state index is 12.5. The Bertz CT molecular complexity index is 1180. The number of amides is 4. The Morgan fingerprint density at radius 3 is 2.00 bits per heavy atom. The minimum atomic E-state index is -1.13. The average molecular weight is 614 g/mol. The summed E-state index contributed by atoms with van der Waals surface area (Å²) in [6.45, 7) is 4.22. The molecule has 4 amide bonds. The standard InChI is InChI=1S/C31H47N7O6/c32-25(18-22-8-2-1-3-9-22)30(43)36-17-7-15-35-14-6-13-34-12-4-5-16-37-31(44)26(21-28(33)41)38-29(42)19-23-10-11-24(39)20-27(23)40/h1-3,8-11,20,25-26,34-35,39-40H,4-7,12-19,21,32H2,(H2,33,41)(H,36,43)(H,37,44)(H,38,42)/t25-,26-/m0/s1. The molecule has 242 valence electrons. The number of rotatable bonds is 22. The van der Waals surface area contributed by atoms with E-state index in [4.69, 9.17) is 11.5 Å². The van der Waals surface area contributed by atoms with Crippen molar-refractivity contribution in [2.45, 2.75) is 57.0 Å². The zero-order valence-electron chi connectivity index (χ0n) is 25.1. The number of hydrogen-bond acceptors (Lipinski definition) is 9. The molecule has 13 nitrogen and oxygen atoms in total.